The van der Waals surface area contributed by atoms with Crippen LogP contribution in [-0.4, -0.2) is 31.2 Å². The van der Waals surface area contributed by atoms with Gasteiger partial charge in [0, 0.05) is 7.05 Å². The molecule has 0 saturated heterocycles. The molecule has 15 heavy (non-hydrogen) atoms. The van der Waals surface area contributed by atoms with Crippen molar-refractivity contribution in [2.24, 2.45) is 0 Å². The number of aliphatic hydroxyl groups excluding tert-OH is 1. The predicted molar refractivity (Wildman–Crippen MR) is 62.6 cm³/mol. The van der Waals surface area contributed by atoms with E-state index in [1.165, 1.54) is 0 Å². The molecule has 82 valence electrons. The first-order chi connectivity index (χ1) is 7.20. The summed E-state index contributed by atoms with van der Waals surface area (Å²) in [6, 6.07) is 5.45. The van der Waals surface area contributed by atoms with Crippen molar-refractivity contribution in [2.75, 3.05) is 20.3 Å². The van der Waals surface area contributed by atoms with E-state index in [0.717, 1.165) is 4.47 Å². The Hall–Kier alpha value is -1.07. The third-order valence-corrected chi connectivity index (χ3v) is 2.45. The quantitative estimate of drug-likeness (QED) is 0.573. The lowest BCUT2D eigenvalue weighted by Gasteiger charge is -2.12. The first-order valence-electron chi connectivity index (χ1n) is 4.49. The van der Waals surface area contributed by atoms with Gasteiger partial charge in [0.2, 0.25) is 0 Å². The van der Waals surface area contributed by atoms with E-state index in [4.69, 9.17) is 15.3 Å². The Bertz CT molecular complexity index is 355. The van der Waals surface area contributed by atoms with Crippen molar-refractivity contribution in [1.29, 1.82) is 5.41 Å². The normalized spacial score (nSPS) is 9.80. The van der Waals surface area contributed by atoms with Crippen molar-refractivity contribution in [1.82, 2.24) is 5.32 Å². The number of benzene rings is 1. The van der Waals surface area contributed by atoms with Crippen molar-refractivity contribution in [2.45, 2.75) is 0 Å². The molecule has 3 N–H and O–H groups in total. The molecule has 1 rings (SSSR count). The average Bonchev–Trinajstić information content (AvgIpc) is 2.26. The molecule has 0 spiro atoms. The Kier molecular flexibility index (Phi) is 4.58. The first-order valence-corrected chi connectivity index (χ1v) is 5.29. The minimum atomic E-state index is -0.0480. The average molecular weight is 273 g/mol. The minimum Gasteiger partial charge on any atom is -0.489 e. The lowest BCUT2D eigenvalue weighted by molar-refractivity contribution is 0.200. The number of amidine groups is 1. The summed E-state index contributed by atoms with van der Waals surface area (Å²) < 4.78 is 6.13. The van der Waals surface area contributed by atoms with Crippen LogP contribution in [-0.2, 0) is 0 Å². The largest absolute Gasteiger partial charge is 0.489 e. The monoisotopic (exact) mass is 272 g/mol. The molecule has 0 aliphatic carbocycles. The van der Waals surface area contributed by atoms with Gasteiger partial charge in [-0.15, -0.1) is 0 Å². The van der Waals surface area contributed by atoms with Crippen LogP contribution < -0.4 is 10.1 Å². The third-order valence-electron chi connectivity index (χ3n) is 1.82. The lowest BCUT2D eigenvalue weighted by atomic mass is 10.2. The molecule has 0 aromatic heterocycles. The Morgan fingerprint density at radius 2 is 2.33 bits per heavy atom. The van der Waals surface area contributed by atoms with Crippen LogP contribution in [0.4, 0.5) is 0 Å². The van der Waals surface area contributed by atoms with E-state index in [1.54, 1.807) is 13.1 Å². The Labute approximate surface area is 96.9 Å². The molecule has 5 heteroatoms. The topological polar surface area (TPSA) is 65.3 Å². The number of rotatable bonds is 4. The molecule has 0 atom stereocenters. The zero-order valence-corrected chi connectivity index (χ0v) is 9.97. The van der Waals surface area contributed by atoms with Gasteiger partial charge in [-0.2, -0.15) is 0 Å². The fourth-order valence-corrected chi connectivity index (χ4v) is 1.62. The highest BCUT2D eigenvalue weighted by Gasteiger charge is 2.10. The third kappa shape index (κ3) is 2.94. The standard InChI is InChI=1S/C10H13BrN2O2/c1-13-10(12)7-3-2-4-8(11)9(7)15-6-5-14/h2-4,14H,5-6H2,1H3,(H2,12,13). The van der Waals surface area contributed by atoms with Gasteiger partial charge in [-0.25, -0.2) is 0 Å². The highest BCUT2D eigenvalue weighted by atomic mass is 79.9. The van der Waals surface area contributed by atoms with Crippen molar-refractivity contribution >= 4 is 21.8 Å². The zero-order valence-electron chi connectivity index (χ0n) is 8.38. The van der Waals surface area contributed by atoms with Crippen LogP contribution in [0.5, 0.6) is 5.75 Å². The van der Waals surface area contributed by atoms with E-state index < -0.39 is 0 Å². The van der Waals surface area contributed by atoms with Gasteiger partial charge in [0.05, 0.1) is 16.6 Å². The Morgan fingerprint density at radius 1 is 1.60 bits per heavy atom. The van der Waals surface area contributed by atoms with Crippen molar-refractivity contribution in [3.8, 4) is 5.75 Å². The maximum Gasteiger partial charge on any atom is 0.144 e. The van der Waals surface area contributed by atoms with E-state index in [9.17, 15) is 0 Å². The van der Waals surface area contributed by atoms with Gasteiger partial charge < -0.3 is 15.2 Å². The van der Waals surface area contributed by atoms with E-state index >= 15 is 0 Å². The van der Waals surface area contributed by atoms with Crippen molar-refractivity contribution < 1.29 is 9.84 Å². The summed E-state index contributed by atoms with van der Waals surface area (Å²) >= 11 is 3.34. The molecular formula is C10H13BrN2O2. The molecule has 0 bridgehead atoms. The summed E-state index contributed by atoms with van der Waals surface area (Å²) in [6.07, 6.45) is 0. The molecule has 0 radical (unpaired) electrons. The summed E-state index contributed by atoms with van der Waals surface area (Å²) in [5.74, 6) is 0.857. The maximum absolute atomic E-state index is 8.70. The fraction of sp³-hybridized carbons (Fsp3) is 0.300. The maximum atomic E-state index is 8.70. The van der Waals surface area contributed by atoms with Crippen LogP contribution in [0.15, 0.2) is 22.7 Å². The number of aliphatic hydroxyl groups is 1. The molecule has 1 aromatic carbocycles. The van der Waals surface area contributed by atoms with Crippen molar-refractivity contribution in [3.05, 3.63) is 28.2 Å². The van der Waals surface area contributed by atoms with Crippen LogP contribution in [0.1, 0.15) is 5.56 Å². The Balaban J connectivity index is 3.03. The molecule has 1 aromatic rings. The minimum absolute atomic E-state index is 0.0480. The highest BCUT2D eigenvalue weighted by Crippen LogP contribution is 2.28. The Morgan fingerprint density at radius 3 is 2.93 bits per heavy atom. The van der Waals surface area contributed by atoms with Crippen LogP contribution in [0.25, 0.3) is 0 Å². The fourth-order valence-electron chi connectivity index (χ4n) is 1.13. The van der Waals surface area contributed by atoms with Gasteiger partial charge in [0.1, 0.15) is 18.2 Å². The second kappa shape index (κ2) is 5.72. The second-order valence-corrected chi connectivity index (χ2v) is 3.67. The summed E-state index contributed by atoms with van der Waals surface area (Å²) in [5.41, 5.74) is 0.667. The number of halogens is 1. The van der Waals surface area contributed by atoms with Crippen LogP contribution in [0.3, 0.4) is 0 Å². The SMILES string of the molecule is CNC(=N)c1cccc(Br)c1OCCO. The summed E-state index contributed by atoms with van der Waals surface area (Å²) in [4.78, 5) is 0. The molecule has 0 aliphatic heterocycles. The molecular weight excluding hydrogens is 260 g/mol. The van der Waals surface area contributed by atoms with Crippen molar-refractivity contribution in [3.63, 3.8) is 0 Å². The number of hydrogen-bond donors (Lipinski definition) is 3. The number of para-hydroxylation sites is 1. The van der Waals surface area contributed by atoms with Crippen LogP contribution >= 0.6 is 15.9 Å². The first kappa shape index (κ1) is 12.0. The predicted octanol–water partition coefficient (Wildman–Crippen LogP) is 1.36. The lowest BCUT2D eigenvalue weighted by Crippen LogP contribution is -2.19. The highest BCUT2D eigenvalue weighted by molar-refractivity contribution is 9.10. The molecule has 0 amide bonds. The van der Waals surface area contributed by atoms with Crippen LogP contribution in [0.2, 0.25) is 0 Å². The van der Waals surface area contributed by atoms with Crippen LogP contribution in [0, 0.1) is 5.41 Å². The number of hydrogen-bond acceptors (Lipinski definition) is 3. The summed E-state index contributed by atoms with van der Waals surface area (Å²) in [5, 5.41) is 19.1. The molecule has 4 nitrogen and oxygen atoms in total. The second-order valence-electron chi connectivity index (χ2n) is 2.81. The number of ether oxygens (including phenoxy) is 1. The molecule has 0 aliphatic rings. The molecule has 0 heterocycles. The van der Waals surface area contributed by atoms with Gasteiger partial charge in [0.25, 0.3) is 0 Å². The summed E-state index contributed by atoms with van der Waals surface area (Å²) in [6.45, 7) is 0.167. The van der Waals surface area contributed by atoms with Gasteiger partial charge in [-0.05, 0) is 28.1 Å². The molecule has 0 unspecified atom stereocenters. The molecule has 0 fully saturated rings. The number of nitrogens with one attached hydrogen (secondary N) is 2. The van der Waals surface area contributed by atoms with E-state index in [0.29, 0.717) is 11.3 Å². The van der Waals surface area contributed by atoms with Gasteiger partial charge in [-0.1, -0.05) is 6.07 Å². The molecule has 0 saturated carbocycles. The van der Waals surface area contributed by atoms with Gasteiger partial charge >= 0.3 is 0 Å². The van der Waals surface area contributed by atoms with E-state index in [-0.39, 0.29) is 19.0 Å². The van der Waals surface area contributed by atoms with E-state index in [1.807, 2.05) is 12.1 Å². The van der Waals surface area contributed by atoms with E-state index in [2.05, 4.69) is 21.2 Å². The summed E-state index contributed by atoms with van der Waals surface area (Å²) in [7, 11) is 1.68. The van der Waals surface area contributed by atoms with Gasteiger partial charge in [0.15, 0.2) is 0 Å². The zero-order chi connectivity index (χ0) is 11.3. The smallest absolute Gasteiger partial charge is 0.144 e. The van der Waals surface area contributed by atoms with Gasteiger partial charge in [-0.3, -0.25) is 5.41 Å².